The second-order valence-electron chi connectivity index (χ2n) is 10.6. The Kier molecular flexibility index (Phi) is 6.86. The molecule has 2 aromatic carbocycles. The van der Waals surface area contributed by atoms with Crippen LogP contribution in [-0.2, 0) is 11.3 Å². The van der Waals surface area contributed by atoms with Gasteiger partial charge in [-0.3, -0.25) is 9.59 Å². The van der Waals surface area contributed by atoms with E-state index >= 15 is 0 Å². The molecule has 0 radical (unpaired) electrons. The van der Waals surface area contributed by atoms with Gasteiger partial charge in [-0.05, 0) is 48.4 Å². The van der Waals surface area contributed by atoms with Crippen LogP contribution in [0.4, 0.5) is 4.39 Å². The van der Waals surface area contributed by atoms with E-state index in [0.29, 0.717) is 30.6 Å². The third-order valence-electron chi connectivity index (χ3n) is 7.59. The molecule has 2 fully saturated rings. The van der Waals surface area contributed by atoms with Crippen LogP contribution in [0.2, 0.25) is 0 Å². The molecule has 7 nitrogen and oxygen atoms in total. The van der Waals surface area contributed by atoms with Crippen molar-refractivity contribution in [2.45, 2.75) is 57.7 Å². The molecular weight excluding hydrogens is 473 g/mol. The lowest BCUT2D eigenvalue weighted by molar-refractivity contribution is -0.165. The largest absolute Gasteiger partial charge is 0.391 e. The fraction of sp³-hybridized carbons (Fsp3) is 0.414. The first kappa shape index (κ1) is 25.1. The maximum Gasteiger partial charge on any atom is 0.292 e. The Labute approximate surface area is 215 Å². The fourth-order valence-electron chi connectivity index (χ4n) is 5.76. The van der Waals surface area contributed by atoms with Gasteiger partial charge in [0.05, 0.1) is 23.3 Å². The molecular formula is C29H32FN3O4. The Morgan fingerprint density at radius 3 is 2.68 bits per heavy atom. The summed E-state index contributed by atoms with van der Waals surface area (Å²) in [7, 11) is 0. The molecule has 8 heteroatoms. The zero-order valence-corrected chi connectivity index (χ0v) is 21.1. The Hall–Kier alpha value is -3.52. The number of rotatable bonds is 5. The van der Waals surface area contributed by atoms with E-state index in [4.69, 9.17) is 4.52 Å². The molecule has 0 saturated carbocycles. The smallest absolute Gasteiger partial charge is 0.292 e. The topological polar surface area (TPSA) is 86.9 Å². The first-order valence-corrected chi connectivity index (χ1v) is 12.8. The number of hydrogen-bond acceptors (Lipinski definition) is 5. The van der Waals surface area contributed by atoms with E-state index in [9.17, 15) is 19.1 Å². The van der Waals surface area contributed by atoms with E-state index in [1.54, 1.807) is 28.0 Å². The quantitative estimate of drug-likeness (QED) is 0.544. The monoisotopic (exact) mass is 505 g/mol. The Bertz CT molecular complexity index is 1280. The molecule has 2 amide bonds. The van der Waals surface area contributed by atoms with Crippen LogP contribution >= 0.6 is 0 Å². The summed E-state index contributed by atoms with van der Waals surface area (Å²) in [5, 5.41) is 15.5. The van der Waals surface area contributed by atoms with Gasteiger partial charge >= 0.3 is 0 Å². The number of aromatic nitrogens is 1. The van der Waals surface area contributed by atoms with Crippen molar-refractivity contribution in [3.05, 3.63) is 89.1 Å². The van der Waals surface area contributed by atoms with E-state index in [2.05, 4.69) is 5.16 Å². The van der Waals surface area contributed by atoms with Crippen LogP contribution < -0.4 is 0 Å². The minimum absolute atomic E-state index is 0.124. The summed E-state index contributed by atoms with van der Waals surface area (Å²) < 4.78 is 19.3. The number of amides is 2. The van der Waals surface area contributed by atoms with E-state index in [1.165, 1.54) is 12.1 Å². The molecule has 1 N–H and O–H groups in total. The van der Waals surface area contributed by atoms with Crippen LogP contribution in [-0.4, -0.2) is 51.1 Å². The van der Waals surface area contributed by atoms with E-state index in [0.717, 1.165) is 5.56 Å². The first-order valence-electron chi connectivity index (χ1n) is 12.8. The minimum atomic E-state index is -0.938. The van der Waals surface area contributed by atoms with Gasteiger partial charge in [-0.2, -0.15) is 0 Å². The molecule has 2 aliphatic rings. The molecule has 1 spiro atoms. The van der Waals surface area contributed by atoms with Crippen molar-refractivity contribution in [3.8, 4) is 0 Å². The predicted molar refractivity (Wildman–Crippen MR) is 135 cm³/mol. The molecule has 1 aromatic heterocycles. The van der Waals surface area contributed by atoms with Gasteiger partial charge in [0, 0.05) is 25.7 Å². The number of likely N-dealkylation sites (tertiary alicyclic amines) is 2. The second-order valence-corrected chi connectivity index (χ2v) is 10.6. The summed E-state index contributed by atoms with van der Waals surface area (Å²) in [5.74, 6) is -0.532. The Balaban J connectivity index is 1.46. The van der Waals surface area contributed by atoms with Crippen molar-refractivity contribution < 1.29 is 23.6 Å². The Morgan fingerprint density at radius 2 is 1.97 bits per heavy atom. The number of hydrogen-bond donors (Lipinski definition) is 1. The summed E-state index contributed by atoms with van der Waals surface area (Å²) in [5.41, 5.74) is 1.23. The number of benzene rings is 2. The lowest BCUT2D eigenvalue weighted by atomic mass is 9.69. The van der Waals surface area contributed by atoms with Crippen molar-refractivity contribution in [1.82, 2.24) is 15.0 Å². The molecule has 0 bridgehead atoms. The van der Waals surface area contributed by atoms with Crippen LogP contribution in [0.15, 0.2) is 65.2 Å². The standard InChI is InChI=1S/C29H32FN3O4/c1-19(2)23-15-25(37-31-23)27(35)32-13-7-12-29(18-32)16-24(34)26(21-9-4-3-5-10-21)33(28(29)36)17-20-8-6-11-22(30)14-20/h3-6,8-11,14-15,19,24,26,34H,7,12-13,16-18H2,1-2H3/t24-,26+,29+/m1/s1. The molecule has 3 aromatic rings. The third kappa shape index (κ3) is 4.90. The lowest BCUT2D eigenvalue weighted by Crippen LogP contribution is -2.61. The van der Waals surface area contributed by atoms with Gasteiger partial charge in [0.15, 0.2) is 0 Å². The normalized spacial score (nSPS) is 24.2. The van der Waals surface area contributed by atoms with Gasteiger partial charge in [-0.1, -0.05) is 61.5 Å². The van der Waals surface area contributed by atoms with Gasteiger partial charge in [-0.15, -0.1) is 0 Å². The zero-order valence-electron chi connectivity index (χ0n) is 21.1. The maximum absolute atomic E-state index is 14.3. The van der Waals surface area contributed by atoms with Crippen molar-refractivity contribution in [2.75, 3.05) is 13.1 Å². The van der Waals surface area contributed by atoms with Crippen molar-refractivity contribution in [2.24, 2.45) is 5.41 Å². The van der Waals surface area contributed by atoms with Crippen molar-refractivity contribution >= 4 is 11.8 Å². The van der Waals surface area contributed by atoms with E-state index < -0.39 is 17.6 Å². The van der Waals surface area contributed by atoms with Crippen molar-refractivity contribution in [3.63, 3.8) is 0 Å². The summed E-state index contributed by atoms with van der Waals surface area (Å²) in [4.78, 5) is 30.9. The Morgan fingerprint density at radius 1 is 1.19 bits per heavy atom. The zero-order chi connectivity index (χ0) is 26.2. The second kappa shape index (κ2) is 10.1. The molecule has 0 aliphatic carbocycles. The van der Waals surface area contributed by atoms with Gasteiger partial charge in [0.2, 0.25) is 11.7 Å². The summed E-state index contributed by atoms with van der Waals surface area (Å²) in [6.07, 6.45) is 0.574. The molecule has 37 heavy (non-hydrogen) atoms. The molecule has 3 heterocycles. The summed E-state index contributed by atoms with van der Waals surface area (Å²) in [6.45, 7) is 4.78. The van der Waals surface area contributed by atoms with Gasteiger partial charge in [0.25, 0.3) is 5.91 Å². The van der Waals surface area contributed by atoms with Crippen LogP contribution in [0.3, 0.4) is 0 Å². The molecule has 194 valence electrons. The number of aliphatic hydroxyl groups excluding tert-OH is 1. The molecule has 5 rings (SSSR count). The fourth-order valence-corrected chi connectivity index (χ4v) is 5.76. The van der Waals surface area contributed by atoms with Gasteiger partial charge in [0.1, 0.15) is 5.82 Å². The third-order valence-corrected chi connectivity index (χ3v) is 7.59. The molecule has 2 saturated heterocycles. The number of aliphatic hydroxyl groups is 1. The van der Waals surface area contributed by atoms with Crippen molar-refractivity contribution in [1.29, 1.82) is 0 Å². The average molecular weight is 506 g/mol. The van der Waals surface area contributed by atoms with E-state index in [1.807, 2.05) is 44.2 Å². The highest BCUT2D eigenvalue weighted by Crippen LogP contribution is 2.46. The number of carbonyl (C=O) groups excluding carboxylic acids is 2. The highest BCUT2D eigenvalue weighted by Gasteiger charge is 2.53. The first-order chi connectivity index (χ1) is 17.8. The molecule has 3 atom stereocenters. The maximum atomic E-state index is 14.3. The molecule has 2 aliphatic heterocycles. The summed E-state index contributed by atoms with van der Waals surface area (Å²) in [6, 6.07) is 16.7. The van der Waals surface area contributed by atoms with Crippen LogP contribution in [0.1, 0.15) is 72.4 Å². The predicted octanol–water partition coefficient (Wildman–Crippen LogP) is 4.69. The number of piperidine rings is 2. The SMILES string of the molecule is CC(C)c1cc(C(=O)N2CCC[C@]3(C[C@@H](O)[C@H](c4ccccc4)N(Cc4cccc(F)c4)C3=O)C2)on1. The number of carbonyl (C=O) groups is 2. The van der Waals surface area contributed by atoms with Gasteiger partial charge in [-0.25, -0.2) is 4.39 Å². The highest BCUT2D eigenvalue weighted by molar-refractivity contribution is 5.93. The van der Waals surface area contributed by atoms with Crippen LogP contribution in [0.5, 0.6) is 0 Å². The number of halogens is 1. The summed E-state index contributed by atoms with van der Waals surface area (Å²) >= 11 is 0. The minimum Gasteiger partial charge on any atom is -0.391 e. The molecule has 0 unspecified atom stereocenters. The van der Waals surface area contributed by atoms with Crippen LogP contribution in [0.25, 0.3) is 0 Å². The average Bonchev–Trinajstić information content (AvgIpc) is 3.38. The van der Waals surface area contributed by atoms with E-state index in [-0.39, 0.29) is 48.8 Å². The van der Waals surface area contributed by atoms with Crippen LogP contribution in [0, 0.1) is 11.2 Å². The highest BCUT2D eigenvalue weighted by atomic mass is 19.1. The van der Waals surface area contributed by atoms with Gasteiger partial charge < -0.3 is 19.4 Å². The number of nitrogens with zero attached hydrogens (tertiary/aromatic N) is 3. The lowest BCUT2D eigenvalue weighted by Gasteiger charge is -2.51.